The zero-order valence-corrected chi connectivity index (χ0v) is 11.4. The number of benzene rings is 2. The Morgan fingerprint density at radius 2 is 1.62 bits per heavy atom. The Labute approximate surface area is 122 Å². The van der Waals surface area contributed by atoms with E-state index in [1.807, 2.05) is 31.2 Å². The highest BCUT2D eigenvalue weighted by Crippen LogP contribution is 2.23. The Morgan fingerprint density at radius 1 is 1.00 bits per heavy atom. The van der Waals surface area contributed by atoms with Gasteiger partial charge in [0.15, 0.2) is 5.78 Å². The van der Waals surface area contributed by atoms with Crippen molar-refractivity contribution >= 4 is 17.8 Å². The van der Waals surface area contributed by atoms with E-state index in [2.05, 4.69) is 0 Å². The molecule has 4 heteroatoms. The van der Waals surface area contributed by atoms with E-state index in [-0.39, 0.29) is 11.1 Å². The number of rotatable bonds is 4. The molecule has 2 N–H and O–H groups in total. The molecule has 0 unspecified atom stereocenters. The molecule has 0 atom stereocenters. The quantitative estimate of drug-likeness (QED) is 0.666. The van der Waals surface area contributed by atoms with Crippen LogP contribution in [0, 0.1) is 6.92 Å². The molecular weight excluding hydrogens is 268 g/mol. The zero-order valence-electron chi connectivity index (χ0n) is 11.4. The van der Waals surface area contributed by atoms with E-state index in [0.29, 0.717) is 0 Å². The van der Waals surface area contributed by atoms with Gasteiger partial charge in [-0.1, -0.05) is 42.0 Å². The Balaban J connectivity index is 2.26. The first kappa shape index (κ1) is 14.5. The van der Waals surface area contributed by atoms with Gasteiger partial charge in [-0.3, -0.25) is 4.79 Å². The molecule has 0 bridgehead atoms. The van der Waals surface area contributed by atoms with Gasteiger partial charge >= 0.3 is 5.97 Å². The van der Waals surface area contributed by atoms with Gasteiger partial charge in [0.2, 0.25) is 0 Å². The first-order valence-corrected chi connectivity index (χ1v) is 6.33. The summed E-state index contributed by atoms with van der Waals surface area (Å²) in [6.07, 6.45) is 2.93. The van der Waals surface area contributed by atoms with Crippen LogP contribution in [0.1, 0.15) is 31.8 Å². The summed E-state index contributed by atoms with van der Waals surface area (Å²) < 4.78 is 0. The van der Waals surface area contributed by atoms with Gasteiger partial charge in [0.05, 0.1) is 5.56 Å². The molecule has 4 nitrogen and oxygen atoms in total. The summed E-state index contributed by atoms with van der Waals surface area (Å²) in [5.41, 5.74) is 1.65. The van der Waals surface area contributed by atoms with Crippen molar-refractivity contribution in [3.63, 3.8) is 0 Å². The summed E-state index contributed by atoms with van der Waals surface area (Å²) in [5.74, 6) is -2.23. The van der Waals surface area contributed by atoms with Crippen molar-refractivity contribution in [2.75, 3.05) is 0 Å². The summed E-state index contributed by atoms with van der Waals surface area (Å²) in [6.45, 7) is 1.97. The highest BCUT2D eigenvalue weighted by atomic mass is 16.4. The standard InChI is InChI=1S/C17H14O4/c1-11-5-7-12(8-6-11)9-10-15(18)13-3-2-4-14(16(13)19)17(20)21/h2-10,19H,1H3,(H,20,21)/b10-9+. The molecule has 0 radical (unpaired) electrons. The number of para-hydroxylation sites is 1. The van der Waals surface area contributed by atoms with Crippen LogP contribution in [-0.2, 0) is 0 Å². The molecule has 0 fully saturated rings. The molecule has 2 aromatic carbocycles. The molecule has 106 valence electrons. The van der Waals surface area contributed by atoms with Crippen molar-refractivity contribution in [1.29, 1.82) is 0 Å². The topological polar surface area (TPSA) is 74.6 Å². The van der Waals surface area contributed by atoms with E-state index in [4.69, 9.17) is 5.11 Å². The van der Waals surface area contributed by atoms with Gasteiger partial charge in [0, 0.05) is 0 Å². The monoisotopic (exact) mass is 282 g/mol. The second-order valence-electron chi connectivity index (χ2n) is 4.62. The molecule has 0 amide bonds. The van der Waals surface area contributed by atoms with Crippen molar-refractivity contribution in [1.82, 2.24) is 0 Å². The summed E-state index contributed by atoms with van der Waals surface area (Å²) in [6, 6.07) is 11.6. The smallest absolute Gasteiger partial charge is 0.339 e. The third-order valence-electron chi connectivity index (χ3n) is 3.04. The van der Waals surface area contributed by atoms with Crippen LogP contribution in [0.15, 0.2) is 48.5 Å². The van der Waals surface area contributed by atoms with Crippen LogP contribution in [0.4, 0.5) is 0 Å². The SMILES string of the molecule is Cc1ccc(/C=C/C(=O)c2cccc(C(=O)O)c2O)cc1. The number of aromatic hydroxyl groups is 1. The van der Waals surface area contributed by atoms with Crippen LogP contribution in [0.2, 0.25) is 0 Å². The number of aromatic carboxylic acids is 1. The molecule has 0 aliphatic heterocycles. The highest BCUT2D eigenvalue weighted by molar-refractivity contribution is 6.10. The maximum atomic E-state index is 12.0. The Kier molecular flexibility index (Phi) is 4.18. The fourth-order valence-electron chi connectivity index (χ4n) is 1.85. The predicted octanol–water partition coefficient (Wildman–Crippen LogP) is 3.29. The number of hydrogen-bond acceptors (Lipinski definition) is 3. The summed E-state index contributed by atoms with van der Waals surface area (Å²) in [4.78, 5) is 23.0. The second kappa shape index (κ2) is 6.05. The normalized spacial score (nSPS) is 10.7. The minimum absolute atomic E-state index is 0.0294. The Bertz CT molecular complexity index is 712. The van der Waals surface area contributed by atoms with Crippen molar-refractivity contribution in [2.45, 2.75) is 6.92 Å². The van der Waals surface area contributed by atoms with Gasteiger partial charge in [-0.25, -0.2) is 4.79 Å². The van der Waals surface area contributed by atoms with Crippen LogP contribution in [0.25, 0.3) is 6.08 Å². The third kappa shape index (κ3) is 3.36. The number of aryl methyl sites for hydroxylation is 1. The lowest BCUT2D eigenvalue weighted by Crippen LogP contribution is -2.02. The van der Waals surface area contributed by atoms with Gasteiger partial charge in [-0.15, -0.1) is 0 Å². The lowest BCUT2D eigenvalue weighted by molar-refractivity contribution is 0.0693. The largest absolute Gasteiger partial charge is 0.506 e. The van der Waals surface area contributed by atoms with Crippen LogP contribution >= 0.6 is 0 Å². The minimum atomic E-state index is -1.27. The minimum Gasteiger partial charge on any atom is -0.506 e. The van der Waals surface area contributed by atoms with E-state index >= 15 is 0 Å². The van der Waals surface area contributed by atoms with E-state index in [1.165, 1.54) is 24.3 Å². The number of hydrogen-bond donors (Lipinski definition) is 2. The molecule has 2 rings (SSSR count). The molecular formula is C17H14O4. The Morgan fingerprint density at radius 3 is 2.24 bits per heavy atom. The van der Waals surface area contributed by atoms with Crippen LogP contribution in [0.3, 0.4) is 0 Å². The second-order valence-corrected chi connectivity index (χ2v) is 4.62. The number of carboxylic acids is 1. The molecule has 0 saturated heterocycles. The van der Waals surface area contributed by atoms with E-state index in [9.17, 15) is 14.7 Å². The molecule has 0 aliphatic rings. The fourth-order valence-corrected chi connectivity index (χ4v) is 1.85. The number of carboxylic acid groups (broad SMARTS) is 1. The van der Waals surface area contributed by atoms with Gasteiger partial charge in [-0.05, 0) is 30.7 Å². The van der Waals surface area contributed by atoms with Crippen LogP contribution in [-0.4, -0.2) is 22.0 Å². The van der Waals surface area contributed by atoms with Crippen LogP contribution < -0.4 is 0 Å². The zero-order chi connectivity index (χ0) is 15.4. The fraction of sp³-hybridized carbons (Fsp3) is 0.0588. The van der Waals surface area contributed by atoms with Crippen molar-refractivity contribution in [3.05, 3.63) is 70.8 Å². The van der Waals surface area contributed by atoms with Crippen LogP contribution in [0.5, 0.6) is 5.75 Å². The third-order valence-corrected chi connectivity index (χ3v) is 3.04. The van der Waals surface area contributed by atoms with Crippen molar-refractivity contribution < 1.29 is 19.8 Å². The average molecular weight is 282 g/mol. The number of carbonyl (C=O) groups is 2. The molecule has 0 aliphatic carbocycles. The molecule has 0 saturated carbocycles. The molecule has 2 aromatic rings. The Hall–Kier alpha value is -2.88. The van der Waals surface area contributed by atoms with Gasteiger partial charge < -0.3 is 10.2 Å². The maximum absolute atomic E-state index is 12.0. The van der Waals surface area contributed by atoms with E-state index in [0.717, 1.165) is 11.1 Å². The average Bonchev–Trinajstić information content (AvgIpc) is 2.46. The van der Waals surface area contributed by atoms with Gasteiger partial charge in [0.1, 0.15) is 11.3 Å². The predicted molar refractivity (Wildman–Crippen MR) is 79.6 cm³/mol. The lowest BCUT2D eigenvalue weighted by Gasteiger charge is -2.03. The number of ketones is 1. The number of carbonyl (C=O) groups excluding carboxylic acids is 1. The van der Waals surface area contributed by atoms with Crippen molar-refractivity contribution in [2.24, 2.45) is 0 Å². The van der Waals surface area contributed by atoms with Gasteiger partial charge in [-0.2, -0.15) is 0 Å². The maximum Gasteiger partial charge on any atom is 0.339 e. The summed E-state index contributed by atoms with van der Waals surface area (Å²) >= 11 is 0. The molecule has 0 aromatic heterocycles. The summed E-state index contributed by atoms with van der Waals surface area (Å²) in [5, 5.41) is 18.7. The molecule has 0 heterocycles. The molecule has 21 heavy (non-hydrogen) atoms. The highest BCUT2D eigenvalue weighted by Gasteiger charge is 2.16. The van der Waals surface area contributed by atoms with E-state index < -0.39 is 17.5 Å². The van der Waals surface area contributed by atoms with Crippen molar-refractivity contribution in [3.8, 4) is 5.75 Å². The van der Waals surface area contributed by atoms with Gasteiger partial charge in [0.25, 0.3) is 0 Å². The number of allylic oxidation sites excluding steroid dienone is 1. The number of phenols is 1. The molecule has 0 spiro atoms. The van der Waals surface area contributed by atoms with E-state index in [1.54, 1.807) is 6.08 Å². The lowest BCUT2D eigenvalue weighted by atomic mass is 10.0. The summed E-state index contributed by atoms with van der Waals surface area (Å²) in [7, 11) is 0. The first-order chi connectivity index (χ1) is 9.99. The first-order valence-electron chi connectivity index (χ1n) is 6.33.